The third-order valence-corrected chi connectivity index (χ3v) is 9.27. The van der Waals surface area contributed by atoms with Crippen molar-refractivity contribution in [3.63, 3.8) is 0 Å². The zero-order chi connectivity index (χ0) is 18.4. The molecular formula is C21H27O2Si2. The van der Waals surface area contributed by atoms with E-state index in [9.17, 15) is 4.79 Å². The number of hydrogen-bond acceptors (Lipinski definition) is 2. The van der Waals surface area contributed by atoms with Crippen molar-refractivity contribution in [1.82, 2.24) is 0 Å². The third kappa shape index (κ3) is 3.38. The van der Waals surface area contributed by atoms with Crippen LogP contribution in [0.3, 0.4) is 0 Å². The summed E-state index contributed by atoms with van der Waals surface area (Å²) in [7, 11) is -2.78. The van der Waals surface area contributed by atoms with E-state index in [1.807, 2.05) is 0 Å². The van der Waals surface area contributed by atoms with Gasteiger partial charge < -0.3 is 4.74 Å². The predicted molar refractivity (Wildman–Crippen MR) is 111 cm³/mol. The van der Waals surface area contributed by atoms with E-state index < -0.39 is 16.1 Å². The molecule has 0 heterocycles. The lowest BCUT2D eigenvalue weighted by molar-refractivity contribution is 0.268. The van der Waals surface area contributed by atoms with Crippen molar-refractivity contribution in [2.75, 3.05) is 6.61 Å². The standard InChI is InChI=1S/C21H27O2Si2/c1-24(2,3)15-7-9-17-18-10-8-16(25(4,5)6)12-20(18)21(13-23-14-22)19(17)11-15/h7-12,21H,13H2,1-6H3. The molecule has 1 radical (unpaired) electrons. The van der Waals surface area contributed by atoms with Gasteiger partial charge in [0, 0.05) is 5.92 Å². The molecule has 0 amide bonds. The van der Waals surface area contributed by atoms with Crippen LogP contribution >= 0.6 is 0 Å². The monoisotopic (exact) mass is 367 g/mol. The van der Waals surface area contributed by atoms with Crippen molar-refractivity contribution < 1.29 is 9.53 Å². The molecule has 25 heavy (non-hydrogen) atoms. The summed E-state index contributed by atoms with van der Waals surface area (Å²) in [6.45, 7) is 16.2. The van der Waals surface area contributed by atoms with Crippen LogP contribution in [-0.4, -0.2) is 29.2 Å². The van der Waals surface area contributed by atoms with E-state index in [1.54, 1.807) is 6.47 Å². The number of carbonyl (C=O) groups excluding carboxylic acids is 1. The topological polar surface area (TPSA) is 26.3 Å². The second-order valence-corrected chi connectivity index (χ2v) is 19.2. The second-order valence-electron chi connectivity index (χ2n) is 9.05. The molecule has 3 rings (SSSR count). The summed E-state index contributed by atoms with van der Waals surface area (Å²) < 4.78 is 5.10. The van der Waals surface area contributed by atoms with Crippen molar-refractivity contribution in [1.29, 1.82) is 0 Å². The molecule has 0 fully saturated rings. The van der Waals surface area contributed by atoms with E-state index in [1.165, 1.54) is 32.6 Å². The molecule has 131 valence electrons. The fourth-order valence-corrected chi connectivity index (χ4v) is 5.93. The fraction of sp³-hybridized carbons (Fsp3) is 0.381. The maximum Gasteiger partial charge on any atom is 0.417 e. The van der Waals surface area contributed by atoms with Crippen molar-refractivity contribution in [3.8, 4) is 11.1 Å². The van der Waals surface area contributed by atoms with Crippen LogP contribution in [0.25, 0.3) is 11.1 Å². The van der Waals surface area contributed by atoms with Crippen LogP contribution in [-0.2, 0) is 9.53 Å². The van der Waals surface area contributed by atoms with Crippen molar-refractivity contribution >= 4 is 33.0 Å². The molecule has 2 aromatic carbocycles. The van der Waals surface area contributed by atoms with Gasteiger partial charge in [0.25, 0.3) is 0 Å². The second kappa shape index (κ2) is 6.25. The Morgan fingerprint density at radius 3 is 1.64 bits per heavy atom. The summed E-state index contributed by atoms with van der Waals surface area (Å²) in [4.78, 5) is 10.7. The minimum atomic E-state index is -1.39. The van der Waals surface area contributed by atoms with Gasteiger partial charge in [-0.1, -0.05) is 86.1 Å². The van der Waals surface area contributed by atoms with Gasteiger partial charge in [-0.2, -0.15) is 0 Å². The maximum absolute atomic E-state index is 10.7. The molecular weight excluding hydrogens is 340 g/mol. The molecule has 0 N–H and O–H groups in total. The summed E-state index contributed by atoms with van der Waals surface area (Å²) in [5.74, 6) is 0.124. The largest absolute Gasteiger partial charge is 0.456 e. The van der Waals surface area contributed by atoms with E-state index >= 15 is 0 Å². The van der Waals surface area contributed by atoms with Gasteiger partial charge in [-0.3, -0.25) is 0 Å². The molecule has 0 aromatic heterocycles. The average molecular weight is 368 g/mol. The van der Waals surface area contributed by atoms with Gasteiger partial charge in [0.05, 0.1) is 16.1 Å². The molecule has 4 heteroatoms. The average Bonchev–Trinajstić information content (AvgIpc) is 2.83. The fourth-order valence-electron chi connectivity index (χ4n) is 3.59. The Balaban J connectivity index is 2.16. The van der Waals surface area contributed by atoms with E-state index in [-0.39, 0.29) is 5.92 Å². The van der Waals surface area contributed by atoms with E-state index in [2.05, 4.69) is 75.7 Å². The molecule has 0 atom stereocenters. The molecule has 0 aliphatic heterocycles. The number of ether oxygens (including phenoxy) is 1. The Bertz CT molecular complexity index is 750. The lowest BCUT2D eigenvalue weighted by Crippen LogP contribution is -2.38. The minimum Gasteiger partial charge on any atom is -0.456 e. The predicted octanol–water partition coefficient (Wildman–Crippen LogP) is 3.97. The molecule has 1 aliphatic carbocycles. The minimum absolute atomic E-state index is 0.124. The van der Waals surface area contributed by atoms with Gasteiger partial charge in [-0.15, -0.1) is 0 Å². The van der Waals surface area contributed by atoms with Gasteiger partial charge in [-0.25, -0.2) is 4.79 Å². The highest BCUT2D eigenvalue weighted by Gasteiger charge is 2.32. The summed E-state index contributed by atoms with van der Waals surface area (Å²) in [5, 5.41) is 2.90. The Kier molecular flexibility index (Phi) is 4.54. The molecule has 0 unspecified atom stereocenters. The zero-order valence-electron chi connectivity index (χ0n) is 16.1. The third-order valence-electron chi connectivity index (χ3n) is 5.19. The van der Waals surface area contributed by atoms with Crippen LogP contribution < -0.4 is 10.4 Å². The Hall–Kier alpha value is -1.66. The van der Waals surface area contributed by atoms with Crippen molar-refractivity contribution in [2.24, 2.45) is 0 Å². The summed E-state index contributed by atoms with van der Waals surface area (Å²) in [5.41, 5.74) is 5.19. The van der Waals surface area contributed by atoms with Crippen molar-refractivity contribution in [2.45, 2.75) is 45.2 Å². The van der Waals surface area contributed by atoms with Crippen LogP contribution in [0.15, 0.2) is 36.4 Å². The summed E-state index contributed by atoms with van der Waals surface area (Å²) >= 11 is 0. The summed E-state index contributed by atoms with van der Waals surface area (Å²) in [6, 6.07) is 13.8. The first-order chi connectivity index (χ1) is 11.6. The molecule has 0 bridgehead atoms. The Morgan fingerprint density at radius 2 is 1.28 bits per heavy atom. The first kappa shape index (κ1) is 18.1. The lowest BCUT2D eigenvalue weighted by atomic mass is 9.98. The highest BCUT2D eigenvalue weighted by Crippen LogP contribution is 2.44. The number of benzene rings is 2. The number of hydrogen-bond donors (Lipinski definition) is 0. The Morgan fingerprint density at radius 1 is 0.840 bits per heavy atom. The SMILES string of the molecule is C[Si](C)(C)c1ccc2c(c1)C(CO[C]=O)c1cc([Si](C)(C)C)ccc1-2. The molecule has 2 nitrogen and oxygen atoms in total. The van der Waals surface area contributed by atoms with Crippen LogP contribution in [0.2, 0.25) is 39.3 Å². The molecule has 2 aromatic rings. The van der Waals surface area contributed by atoms with E-state index in [0.29, 0.717) is 6.61 Å². The smallest absolute Gasteiger partial charge is 0.417 e. The first-order valence-corrected chi connectivity index (χ1v) is 15.9. The van der Waals surface area contributed by atoms with Gasteiger partial charge in [0.2, 0.25) is 0 Å². The van der Waals surface area contributed by atoms with Crippen LogP contribution in [0.5, 0.6) is 0 Å². The van der Waals surface area contributed by atoms with Gasteiger partial charge in [0.1, 0.15) is 6.61 Å². The van der Waals surface area contributed by atoms with Gasteiger partial charge >= 0.3 is 6.47 Å². The molecule has 1 aliphatic rings. The quantitative estimate of drug-likeness (QED) is 0.747. The van der Waals surface area contributed by atoms with Crippen LogP contribution in [0.4, 0.5) is 0 Å². The maximum atomic E-state index is 10.7. The van der Waals surface area contributed by atoms with E-state index in [0.717, 1.165) is 0 Å². The van der Waals surface area contributed by atoms with Crippen LogP contribution in [0.1, 0.15) is 17.0 Å². The van der Waals surface area contributed by atoms with Crippen LogP contribution in [0, 0.1) is 0 Å². The van der Waals surface area contributed by atoms with Gasteiger partial charge in [-0.05, 0) is 22.3 Å². The number of fused-ring (bicyclic) bond motifs is 3. The molecule has 0 saturated carbocycles. The van der Waals surface area contributed by atoms with Crippen molar-refractivity contribution in [3.05, 3.63) is 47.5 Å². The Labute approximate surface area is 153 Å². The highest BCUT2D eigenvalue weighted by molar-refractivity contribution is 6.89. The highest BCUT2D eigenvalue weighted by atomic mass is 28.3. The molecule has 0 saturated heterocycles. The molecule has 0 spiro atoms. The van der Waals surface area contributed by atoms with Gasteiger partial charge in [0.15, 0.2) is 0 Å². The zero-order valence-corrected chi connectivity index (χ0v) is 18.1. The number of rotatable bonds is 5. The van der Waals surface area contributed by atoms with E-state index in [4.69, 9.17) is 4.74 Å². The normalized spacial score (nSPS) is 14.2. The summed E-state index contributed by atoms with van der Waals surface area (Å²) in [6.07, 6.45) is 0. The lowest BCUT2D eigenvalue weighted by Gasteiger charge is -2.20. The first-order valence-electron chi connectivity index (χ1n) is 8.91.